The van der Waals surface area contributed by atoms with E-state index >= 15 is 0 Å². The van der Waals surface area contributed by atoms with Crippen molar-refractivity contribution in [1.82, 2.24) is 0 Å². The molecule has 2 atom stereocenters. The fraction of sp³-hybridized carbons (Fsp3) is 0.875. The summed E-state index contributed by atoms with van der Waals surface area (Å²) < 4.78 is 0. The summed E-state index contributed by atoms with van der Waals surface area (Å²) in [5, 5.41) is 9.23. The summed E-state index contributed by atoms with van der Waals surface area (Å²) in [6, 6.07) is -0.229. The predicted octanol–water partition coefficient (Wildman–Crippen LogP) is -1.37. The van der Waals surface area contributed by atoms with Crippen LogP contribution in [0, 0.1) is 5.92 Å². The molecule has 6 N–H and O–H groups in total. The molecular formula is C8H17N2O2+. The van der Waals surface area contributed by atoms with Crippen LogP contribution in [0.1, 0.15) is 25.7 Å². The number of aliphatic hydroxyl groups is 1. The first-order chi connectivity index (χ1) is 5.61. The molecule has 0 aromatic rings. The average molecular weight is 173 g/mol. The standard InChI is InChI=1S/C8H16N2O2/c9-6(7(11)8(10)12)4-5-2-1-3-5/h5-7,11H,1-4,9H2,(H2,10,12)/p+1. The molecule has 0 saturated heterocycles. The minimum atomic E-state index is -1.06. The second kappa shape index (κ2) is 3.87. The second-order valence-electron chi connectivity index (χ2n) is 3.64. The van der Waals surface area contributed by atoms with Crippen LogP contribution >= 0.6 is 0 Å². The highest BCUT2D eigenvalue weighted by Gasteiger charge is 2.29. The summed E-state index contributed by atoms with van der Waals surface area (Å²) in [6.45, 7) is 0. The molecule has 4 nitrogen and oxygen atoms in total. The van der Waals surface area contributed by atoms with Crippen LogP contribution in [0.3, 0.4) is 0 Å². The van der Waals surface area contributed by atoms with Crippen molar-refractivity contribution in [3.63, 3.8) is 0 Å². The molecule has 1 rings (SSSR count). The molecule has 2 unspecified atom stereocenters. The molecular weight excluding hydrogens is 156 g/mol. The Morgan fingerprint density at radius 1 is 1.67 bits per heavy atom. The van der Waals surface area contributed by atoms with Crippen molar-refractivity contribution in [2.45, 2.75) is 37.8 Å². The van der Waals surface area contributed by atoms with Gasteiger partial charge in [0.25, 0.3) is 5.91 Å². The topological polar surface area (TPSA) is 91.0 Å². The molecule has 1 aliphatic carbocycles. The minimum absolute atomic E-state index is 0.229. The normalized spacial score (nSPS) is 22.8. The number of rotatable bonds is 4. The third kappa shape index (κ3) is 2.19. The summed E-state index contributed by atoms with van der Waals surface area (Å²) in [4.78, 5) is 10.6. The SMILES string of the molecule is NC(=O)C(O)C([NH3+])CC1CCC1. The highest BCUT2D eigenvalue weighted by Crippen LogP contribution is 2.30. The molecule has 0 radical (unpaired) electrons. The molecule has 0 aromatic heterocycles. The van der Waals surface area contributed by atoms with Gasteiger partial charge in [0.05, 0.1) is 0 Å². The van der Waals surface area contributed by atoms with Gasteiger partial charge in [-0.2, -0.15) is 0 Å². The average Bonchev–Trinajstić information content (AvgIpc) is 1.94. The van der Waals surface area contributed by atoms with E-state index < -0.39 is 12.0 Å². The van der Waals surface area contributed by atoms with Crippen molar-refractivity contribution in [1.29, 1.82) is 0 Å². The molecule has 0 aliphatic heterocycles. The van der Waals surface area contributed by atoms with Gasteiger partial charge < -0.3 is 16.6 Å². The molecule has 0 spiro atoms. The summed E-state index contributed by atoms with van der Waals surface area (Å²) in [6.07, 6.45) is 3.44. The largest absolute Gasteiger partial charge is 0.378 e. The third-order valence-electron chi connectivity index (χ3n) is 2.60. The van der Waals surface area contributed by atoms with Gasteiger partial charge in [0.1, 0.15) is 6.04 Å². The summed E-state index contributed by atoms with van der Waals surface area (Å²) in [7, 11) is 0. The van der Waals surface area contributed by atoms with E-state index in [2.05, 4.69) is 5.73 Å². The number of primary amides is 1. The van der Waals surface area contributed by atoms with Gasteiger partial charge in [-0.25, -0.2) is 0 Å². The van der Waals surface area contributed by atoms with Gasteiger partial charge in [-0.1, -0.05) is 19.3 Å². The van der Waals surface area contributed by atoms with Crippen molar-refractivity contribution in [3.8, 4) is 0 Å². The zero-order valence-electron chi connectivity index (χ0n) is 7.20. The lowest BCUT2D eigenvalue weighted by atomic mass is 9.80. The summed E-state index contributed by atoms with van der Waals surface area (Å²) in [5.74, 6) is -0.00387. The second-order valence-corrected chi connectivity index (χ2v) is 3.64. The Kier molecular flexibility index (Phi) is 3.05. The van der Waals surface area contributed by atoms with Gasteiger partial charge in [-0.15, -0.1) is 0 Å². The van der Waals surface area contributed by atoms with Gasteiger partial charge >= 0.3 is 0 Å². The molecule has 70 valence electrons. The van der Waals surface area contributed by atoms with Crippen LogP contribution in [0.25, 0.3) is 0 Å². The zero-order chi connectivity index (χ0) is 9.14. The Bertz CT molecular complexity index is 168. The number of nitrogens with two attached hydrogens (primary N) is 1. The van der Waals surface area contributed by atoms with Crippen LogP contribution in [-0.4, -0.2) is 23.2 Å². The molecule has 4 heteroatoms. The quantitative estimate of drug-likeness (QED) is 0.489. The van der Waals surface area contributed by atoms with Crippen LogP contribution in [-0.2, 0) is 4.79 Å². The van der Waals surface area contributed by atoms with E-state index in [-0.39, 0.29) is 6.04 Å². The molecule has 0 heterocycles. The van der Waals surface area contributed by atoms with Crippen molar-refractivity contribution in [2.75, 3.05) is 0 Å². The van der Waals surface area contributed by atoms with Gasteiger partial charge in [-0.3, -0.25) is 4.79 Å². The number of hydrogen-bond donors (Lipinski definition) is 3. The molecule has 1 saturated carbocycles. The lowest BCUT2D eigenvalue weighted by Crippen LogP contribution is -2.69. The fourth-order valence-electron chi connectivity index (χ4n) is 1.52. The Hall–Kier alpha value is -0.610. The summed E-state index contributed by atoms with van der Waals surface area (Å²) in [5.41, 5.74) is 8.67. The van der Waals surface area contributed by atoms with Gasteiger partial charge in [0, 0.05) is 6.42 Å². The van der Waals surface area contributed by atoms with Gasteiger partial charge in [0.15, 0.2) is 6.10 Å². The molecule has 1 amide bonds. The maximum atomic E-state index is 10.6. The van der Waals surface area contributed by atoms with E-state index in [0.717, 1.165) is 6.42 Å². The smallest absolute Gasteiger partial charge is 0.252 e. The fourth-order valence-corrected chi connectivity index (χ4v) is 1.52. The first-order valence-electron chi connectivity index (χ1n) is 4.41. The Labute approximate surface area is 71.9 Å². The van der Waals surface area contributed by atoms with Crippen molar-refractivity contribution in [3.05, 3.63) is 0 Å². The van der Waals surface area contributed by atoms with Crippen molar-refractivity contribution < 1.29 is 15.6 Å². The lowest BCUT2D eigenvalue weighted by Gasteiger charge is -2.27. The molecule has 0 aromatic carbocycles. The Balaban J connectivity index is 2.25. The van der Waals surface area contributed by atoms with E-state index in [0.29, 0.717) is 5.92 Å². The van der Waals surface area contributed by atoms with E-state index in [4.69, 9.17) is 5.73 Å². The number of aliphatic hydroxyl groups excluding tert-OH is 1. The number of carbonyl (C=O) groups is 1. The molecule has 1 fully saturated rings. The maximum absolute atomic E-state index is 10.6. The van der Waals surface area contributed by atoms with Gasteiger partial charge in [0.2, 0.25) is 0 Å². The number of carbonyl (C=O) groups excluding carboxylic acids is 1. The summed E-state index contributed by atoms with van der Waals surface area (Å²) >= 11 is 0. The minimum Gasteiger partial charge on any atom is -0.378 e. The number of quaternary nitrogens is 1. The van der Waals surface area contributed by atoms with Crippen LogP contribution < -0.4 is 11.5 Å². The maximum Gasteiger partial charge on any atom is 0.252 e. The first-order valence-corrected chi connectivity index (χ1v) is 4.41. The van der Waals surface area contributed by atoms with E-state index in [1.807, 2.05) is 0 Å². The number of hydrogen-bond acceptors (Lipinski definition) is 2. The first kappa shape index (κ1) is 9.48. The van der Waals surface area contributed by atoms with Crippen LogP contribution in [0.2, 0.25) is 0 Å². The Morgan fingerprint density at radius 3 is 2.58 bits per heavy atom. The molecule has 12 heavy (non-hydrogen) atoms. The lowest BCUT2D eigenvalue weighted by molar-refractivity contribution is -0.437. The molecule has 1 aliphatic rings. The Morgan fingerprint density at radius 2 is 2.25 bits per heavy atom. The van der Waals surface area contributed by atoms with E-state index in [1.54, 1.807) is 0 Å². The number of amides is 1. The highest BCUT2D eigenvalue weighted by atomic mass is 16.3. The van der Waals surface area contributed by atoms with E-state index in [9.17, 15) is 9.90 Å². The van der Waals surface area contributed by atoms with Crippen LogP contribution in [0.4, 0.5) is 0 Å². The highest BCUT2D eigenvalue weighted by molar-refractivity contribution is 5.79. The van der Waals surface area contributed by atoms with E-state index in [1.165, 1.54) is 19.3 Å². The van der Waals surface area contributed by atoms with Crippen molar-refractivity contribution >= 4 is 5.91 Å². The van der Waals surface area contributed by atoms with Crippen LogP contribution in [0.15, 0.2) is 0 Å². The van der Waals surface area contributed by atoms with Crippen molar-refractivity contribution in [2.24, 2.45) is 11.7 Å². The predicted molar refractivity (Wildman–Crippen MR) is 43.8 cm³/mol. The van der Waals surface area contributed by atoms with Gasteiger partial charge in [-0.05, 0) is 5.92 Å². The monoisotopic (exact) mass is 173 g/mol. The third-order valence-corrected chi connectivity index (χ3v) is 2.60. The van der Waals surface area contributed by atoms with Crippen LogP contribution in [0.5, 0.6) is 0 Å². The zero-order valence-corrected chi connectivity index (χ0v) is 7.20. The molecule has 0 bridgehead atoms.